The van der Waals surface area contributed by atoms with Crippen LogP contribution in [-0.4, -0.2) is 48.6 Å². The lowest BCUT2D eigenvalue weighted by molar-refractivity contribution is -0.122. The Kier molecular flexibility index (Phi) is 4.74. The molecule has 0 aliphatic carbocycles. The van der Waals surface area contributed by atoms with Gasteiger partial charge < -0.3 is 10.4 Å². The van der Waals surface area contributed by atoms with Crippen LogP contribution in [0.2, 0.25) is 0 Å². The van der Waals surface area contributed by atoms with E-state index in [0.717, 1.165) is 31.5 Å². The fourth-order valence-electron chi connectivity index (χ4n) is 2.65. The van der Waals surface area contributed by atoms with Crippen LogP contribution in [0.4, 0.5) is 0 Å². The molecule has 1 aliphatic heterocycles. The third-order valence-corrected chi connectivity index (χ3v) is 3.78. The van der Waals surface area contributed by atoms with E-state index >= 15 is 0 Å². The Morgan fingerprint density at radius 3 is 2.65 bits per heavy atom. The van der Waals surface area contributed by atoms with E-state index in [1.54, 1.807) is 19.2 Å². The van der Waals surface area contributed by atoms with Gasteiger partial charge in [0.15, 0.2) is 0 Å². The first-order valence-corrected chi connectivity index (χ1v) is 6.86. The SMILES string of the molecule is CNC(=O)CN1CCC[C@H](c2ccc(C(=O)O)cc2)C1. The number of aromatic carboxylic acids is 1. The maximum Gasteiger partial charge on any atom is 0.335 e. The molecule has 0 aromatic heterocycles. The Balaban J connectivity index is 2.01. The topological polar surface area (TPSA) is 69.6 Å². The number of hydrogen-bond acceptors (Lipinski definition) is 3. The molecule has 20 heavy (non-hydrogen) atoms. The van der Waals surface area contributed by atoms with E-state index in [-0.39, 0.29) is 5.91 Å². The van der Waals surface area contributed by atoms with Crippen molar-refractivity contribution in [3.8, 4) is 0 Å². The molecule has 5 nitrogen and oxygen atoms in total. The van der Waals surface area contributed by atoms with E-state index in [0.29, 0.717) is 18.0 Å². The second-order valence-corrected chi connectivity index (χ2v) is 5.17. The zero-order valence-electron chi connectivity index (χ0n) is 11.6. The van der Waals surface area contributed by atoms with Crippen LogP contribution in [0.15, 0.2) is 24.3 Å². The summed E-state index contributed by atoms with van der Waals surface area (Å²) in [5.74, 6) is -0.496. The van der Waals surface area contributed by atoms with E-state index in [2.05, 4.69) is 10.2 Å². The van der Waals surface area contributed by atoms with Gasteiger partial charge >= 0.3 is 5.97 Å². The van der Waals surface area contributed by atoms with Gasteiger partial charge in [0.25, 0.3) is 0 Å². The van der Waals surface area contributed by atoms with E-state index in [4.69, 9.17) is 5.11 Å². The van der Waals surface area contributed by atoms with Crippen molar-refractivity contribution >= 4 is 11.9 Å². The van der Waals surface area contributed by atoms with E-state index in [9.17, 15) is 9.59 Å². The lowest BCUT2D eigenvalue weighted by Crippen LogP contribution is -2.41. The van der Waals surface area contributed by atoms with E-state index < -0.39 is 5.97 Å². The molecule has 1 saturated heterocycles. The number of carbonyl (C=O) groups is 2. The van der Waals surface area contributed by atoms with Crippen molar-refractivity contribution in [3.63, 3.8) is 0 Å². The van der Waals surface area contributed by atoms with Gasteiger partial charge in [0, 0.05) is 13.6 Å². The number of likely N-dealkylation sites (tertiary alicyclic amines) is 1. The monoisotopic (exact) mass is 276 g/mol. The number of amides is 1. The molecule has 1 aliphatic rings. The predicted molar refractivity (Wildman–Crippen MR) is 75.9 cm³/mol. The number of piperidine rings is 1. The summed E-state index contributed by atoms with van der Waals surface area (Å²) in [5.41, 5.74) is 1.46. The zero-order valence-corrected chi connectivity index (χ0v) is 11.6. The predicted octanol–water partition coefficient (Wildman–Crippen LogP) is 1.31. The third-order valence-electron chi connectivity index (χ3n) is 3.78. The van der Waals surface area contributed by atoms with Gasteiger partial charge in [-0.3, -0.25) is 9.69 Å². The van der Waals surface area contributed by atoms with Crippen LogP contribution < -0.4 is 5.32 Å². The van der Waals surface area contributed by atoms with Crippen molar-refractivity contribution in [3.05, 3.63) is 35.4 Å². The maximum absolute atomic E-state index is 11.4. The Hall–Kier alpha value is -1.88. The molecular formula is C15H20N2O3. The Morgan fingerprint density at radius 2 is 2.05 bits per heavy atom. The maximum atomic E-state index is 11.4. The second-order valence-electron chi connectivity index (χ2n) is 5.17. The standard InChI is InChI=1S/C15H20N2O3/c1-16-14(18)10-17-8-2-3-13(9-17)11-4-6-12(7-5-11)15(19)20/h4-7,13H,2-3,8-10H2,1H3,(H,16,18)(H,19,20)/t13-/m0/s1. The van der Waals surface area contributed by atoms with Gasteiger partial charge in [-0.15, -0.1) is 0 Å². The molecule has 1 aromatic carbocycles. The molecule has 0 bridgehead atoms. The molecule has 1 atom stereocenters. The van der Waals surface area contributed by atoms with E-state index in [1.807, 2.05) is 12.1 Å². The minimum absolute atomic E-state index is 0.0341. The molecule has 0 radical (unpaired) electrons. The number of nitrogens with one attached hydrogen (secondary N) is 1. The fraction of sp³-hybridized carbons (Fsp3) is 0.467. The van der Waals surface area contributed by atoms with Crippen LogP contribution in [0.1, 0.15) is 34.7 Å². The molecule has 1 heterocycles. The van der Waals surface area contributed by atoms with Crippen LogP contribution in [-0.2, 0) is 4.79 Å². The molecule has 1 aromatic rings. The summed E-state index contributed by atoms with van der Waals surface area (Å²) in [6.45, 7) is 2.22. The van der Waals surface area contributed by atoms with Gasteiger partial charge in [0.05, 0.1) is 12.1 Å². The van der Waals surface area contributed by atoms with Gasteiger partial charge in [0.2, 0.25) is 5.91 Å². The van der Waals surface area contributed by atoms with Gasteiger partial charge in [-0.25, -0.2) is 4.79 Å². The van der Waals surface area contributed by atoms with Crippen LogP contribution in [0, 0.1) is 0 Å². The normalized spacial score (nSPS) is 19.6. The second kappa shape index (κ2) is 6.52. The first-order valence-electron chi connectivity index (χ1n) is 6.86. The molecule has 108 valence electrons. The summed E-state index contributed by atoms with van der Waals surface area (Å²) in [6.07, 6.45) is 2.14. The Bertz CT molecular complexity index is 484. The van der Waals surface area contributed by atoms with Crippen molar-refractivity contribution < 1.29 is 14.7 Å². The smallest absolute Gasteiger partial charge is 0.335 e. The number of likely N-dealkylation sites (N-methyl/N-ethyl adjacent to an activating group) is 1. The lowest BCUT2D eigenvalue weighted by atomic mass is 9.90. The molecule has 1 amide bonds. The number of nitrogens with zero attached hydrogens (tertiary/aromatic N) is 1. The highest BCUT2D eigenvalue weighted by Crippen LogP contribution is 2.26. The summed E-state index contributed by atoms with van der Waals surface area (Å²) in [7, 11) is 1.65. The summed E-state index contributed by atoms with van der Waals surface area (Å²) in [6, 6.07) is 7.07. The molecule has 2 N–H and O–H groups in total. The minimum atomic E-state index is -0.901. The highest BCUT2D eigenvalue weighted by atomic mass is 16.4. The summed E-state index contributed by atoms with van der Waals surface area (Å²) in [4.78, 5) is 24.4. The highest BCUT2D eigenvalue weighted by Gasteiger charge is 2.22. The average Bonchev–Trinajstić information content (AvgIpc) is 2.47. The van der Waals surface area contributed by atoms with Gasteiger partial charge in [-0.05, 0) is 43.0 Å². The van der Waals surface area contributed by atoms with Crippen molar-refractivity contribution in [2.24, 2.45) is 0 Å². The largest absolute Gasteiger partial charge is 0.478 e. The summed E-state index contributed by atoms with van der Waals surface area (Å²) >= 11 is 0. The molecule has 5 heteroatoms. The van der Waals surface area contributed by atoms with Gasteiger partial charge in [0.1, 0.15) is 0 Å². The lowest BCUT2D eigenvalue weighted by Gasteiger charge is -2.32. The Labute approximate surface area is 118 Å². The number of hydrogen-bond donors (Lipinski definition) is 2. The number of carboxylic acids is 1. The number of carbonyl (C=O) groups excluding carboxylic acids is 1. The number of carboxylic acid groups (broad SMARTS) is 1. The first kappa shape index (κ1) is 14.5. The fourth-order valence-corrected chi connectivity index (χ4v) is 2.65. The number of benzene rings is 1. The Morgan fingerprint density at radius 1 is 1.35 bits per heavy atom. The quantitative estimate of drug-likeness (QED) is 0.870. The van der Waals surface area contributed by atoms with Crippen molar-refractivity contribution in [1.82, 2.24) is 10.2 Å². The average molecular weight is 276 g/mol. The van der Waals surface area contributed by atoms with Crippen molar-refractivity contribution in [2.45, 2.75) is 18.8 Å². The molecule has 1 fully saturated rings. The number of rotatable bonds is 4. The molecular weight excluding hydrogens is 256 g/mol. The molecule has 0 spiro atoms. The van der Waals surface area contributed by atoms with Crippen molar-refractivity contribution in [1.29, 1.82) is 0 Å². The summed E-state index contributed by atoms with van der Waals surface area (Å²) in [5, 5.41) is 11.5. The highest BCUT2D eigenvalue weighted by molar-refractivity contribution is 5.87. The molecule has 0 unspecified atom stereocenters. The minimum Gasteiger partial charge on any atom is -0.478 e. The third kappa shape index (κ3) is 3.57. The van der Waals surface area contributed by atoms with Crippen LogP contribution in [0.5, 0.6) is 0 Å². The van der Waals surface area contributed by atoms with Crippen LogP contribution >= 0.6 is 0 Å². The zero-order chi connectivity index (χ0) is 14.5. The van der Waals surface area contributed by atoms with E-state index in [1.165, 1.54) is 0 Å². The summed E-state index contributed by atoms with van der Waals surface area (Å²) < 4.78 is 0. The van der Waals surface area contributed by atoms with Crippen LogP contribution in [0.25, 0.3) is 0 Å². The molecule has 2 rings (SSSR count). The first-order chi connectivity index (χ1) is 9.60. The van der Waals surface area contributed by atoms with Gasteiger partial charge in [-0.1, -0.05) is 12.1 Å². The van der Waals surface area contributed by atoms with Gasteiger partial charge in [-0.2, -0.15) is 0 Å². The van der Waals surface area contributed by atoms with Crippen LogP contribution in [0.3, 0.4) is 0 Å². The molecule has 0 saturated carbocycles. The van der Waals surface area contributed by atoms with Crippen molar-refractivity contribution in [2.75, 3.05) is 26.7 Å².